The zero-order chi connectivity index (χ0) is 18.5. The Labute approximate surface area is 147 Å². The van der Waals surface area contributed by atoms with E-state index in [1.165, 1.54) is 29.2 Å². The van der Waals surface area contributed by atoms with Crippen molar-refractivity contribution >= 4 is 5.91 Å². The molecule has 0 atom stereocenters. The van der Waals surface area contributed by atoms with Gasteiger partial charge in [0, 0.05) is 30.6 Å². The molecule has 26 heavy (non-hydrogen) atoms. The summed E-state index contributed by atoms with van der Waals surface area (Å²) in [6, 6.07) is 9.04. The summed E-state index contributed by atoms with van der Waals surface area (Å²) < 4.78 is 34.0. The van der Waals surface area contributed by atoms with Crippen LogP contribution in [-0.2, 0) is 6.54 Å². The van der Waals surface area contributed by atoms with Crippen LogP contribution in [0.4, 0.5) is 8.78 Å². The molecule has 0 N–H and O–H groups in total. The molecule has 0 saturated carbocycles. The minimum atomic E-state index is -2.96. The molecule has 2 heterocycles. The van der Waals surface area contributed by atoms with Gasteiger partial charge in [-0.1, -0.05) is 11.2 Å². The number of carbonyl (C=O) groups excluding carboxylic acids is 1. The maximum absolute atomic E-state index is 12.4. The van der Waals surface area contributed by atoms with Crippen LogP contribution in [0.2, 0.25) is 0 Å². The Hall–Kier alpha value is -3.36. The van der Waals surface area contributed by atoms with Crippen LogP contribution < -0.4 is 4.74 Å². The van der Waals surface area contributed by atoms with E-state index in [9.17, 15) is 13.6 Å². The van der Waals surface area contributed by atoms with Gasteiger partial charge in [0.25, 0.3) is 5.91 Å². The summed E-state index contributed by atoms with van der Waals surface area (Å²) in [4.78, 5) is 21.9. The molecule has 0 aliphatic heterocycles. The lowest BCUT2D eigenvalue weighted by Crippen LogP contribution is -2.26. The Kier molecular flexibility index (Phi) is 5.16. The highest BCUT2D eigenvalue weighted by molar-refractivity contribution is 5.94. The molecule has 0 unspecified atom stereocenters. The Morgan fingerprint density at radius 2 is 2.04 bits per heavy atom. The number of carbonyl (C=O) groups is 1. The Morgan fingerprint density at radius 1 is 1.27 bits per heavy atom. The maximum Gasteiger partial charge on any atom is 0.387 e. The molecule has 1 amide bonds. The van der Waals surface area contributed by atoms with E-state index in [1.807, 2.05) is 0 Å². The van der Waals surface area contributed by atoms with Crippen molar-refractivity contribution in [3.05, 3.63) is 60.2 Å². The number of alkyl halides is 2. The molecule has 0 saturated heterocycles. The van der Waals surface area contributed by atoms with Gasteiger partial charge in [-0.05, 0) is 30.3 Å². The van der Waals surface area contributed by atoms with Crippen LogP contribution in [0.1, 0.15) is 16.2 Å². The van der Waals surface area contributed by atoms with Crippen molar-refractivity contribution in [2.24, 2.45) is 0 Å². The highest BCUT2D eigenvalue weighted by Gasteiger charge is 2.17. The molecule has 0 radical (unpaired) electrons. The first kappa shape index (κ1) is 17.5. The average Bonchev–Trinajstić information content (AvgIpc) is 3.10. The Bertz CT molecular complexity index is 886. The van der Waals surface area contributed by atoms with E-state index in [2.05, 4.69) is 19.9 Å². The highest BCUT2D eigenvalue weighted by Crippen LogP contribution is 2.18. The Morgan fingerprint density at radius 3 is 2.77 bits per heavy atom. The first-order chi connectivity index (χ1) is 12.5. The Balaban J connectivity index is 1.69. The van der Waals surface area contributed by atoms with E-state index in [4.69, 9.17) is 4.52 Å². The SMILES string of the molecule is CN(Cc1nc(-c2ccncc2)no1)C(=O)c1cccc(OC(F)F)c1. The normalized spacial score (nSPS) is 10.8. The van der Waals surface area contributed by atoms with Crippen LogP contribution >= 0.6 is 0 Å². The van der Waals surface area contributed by atoms with Gasteiger partial charge in [0.05, 0.1) is 6.54 Å². The van der Waals surface area contributed by atoms with Crippen molar-refractivity contribution in [1.29, 1.82) is 0 Å². The quantitative estimate of drug-likeness (QED) is 0.672. The van der Waals surface area contributed by atoms with Crippen LogP contribution in [-0.4, -0.2) is 39.6 Å². The zero-order valence-electron chi connectivity index (χ0n) is 13.7. The first-order valence-electron chi connectivity index (χ1n) is 7.56. The average molecular weight is 360 g/mol. The predicted molar refractivity (Wildman–Crippen MR) is 86.4 cm³/mol. The molecule has 7 nitrogen and oxygen atoms in total. The lowest BCUT2D eigenvalue weighted by molar-refractivity contribution is -0.0499. The van der Waals surface area contributed by atoms with E-state index in [0.717, 1.165) is 5.56 Å². The number of pyridine rings is 1. The molecule has 1 aromatic carbocycles. The number of hydrogen-bond donors (Lipinski definition) is 0. The number of nitrogens with zero attached hydrogens (tertiary/aromatic N) is 4. The smallest absolute Gasteiger partial charge is 0.387 e. The van der Waals surface area contributed by atoms with Gasteiger partial charge in [-0.3, -0.25) is 9.78 Å². The zero-order valence-corrected chi connectivity index (χ0v) is 13.7. The van der Waals surface area contributed by atoms with Crippen molar-refractivity contribution in [1.82, 2.24) is 20.0 Å². The lowest BCUT2D eigenvalue weighted by atomic mass is 10.2. The van der Waals surface area contributed by atoms with Crippen LogP contribution in [0.15, 0.2) is 53.3 Å². The topological polar surface area (TPSA) is 81.4 Å². The molecular weight excluding hydrogens is 346 g/mol. The van der Waals surface area contributed by atoms with Crippen molar-refractivity contribution in [2.75, 3.05) is 7.05 Å². The molecule has 0 spiro atoms. The summed E-state index contributed by atoms with van der Waals surface area (Å²) in [7, 11) is 1.54. The van der Waals surface area contributed by atoms with Gasteiger partial charge in [0.1, 0.15) is 5.75 Å². The summed E-state index contributed by atoms with van der Waals surface area (Å²) in [5, 5.41) is 3.86. The van der Waals surface area contributed by atoms with Crippen molar-refractivity contribution in [3.8, 4) is 17.1 Å². The molecule has 0 aliphatic carbocycles. The molecule has 2 aromatic heterocycles. The second kappa shape index (κ2) is 7.68. The van der Waals surface area contributed by atoms with Gasteiger partial charge in [0.15, 0.2) is 0 Å². The summed E-state index contributed by atoms with van der Waals surface area (Å²) >= 11 is 0. The standard InChI is InChI=1S/C17H14F2N4O3/c1-23(16(24)12-3-2-4-13(9-12)25-17(18)19)10-14-21-15(22-26-14)11-5-7-20-8-6-11/h2-9,17H,10H2,1H3. The van der Waals surface area contributed by atoms with Gasteiger partial charge in [-0.25, -0.2) is 0 Å². The fourth-order valence-electron chi connectivity index (χ4n) is 2.24. The molecule has 3 aromatic rings. The number of rotatable bonds is 6. The number of amides is 1. The van der Waals surface area contributed by atoms with E-state index in [-0.39, 0.29) is 23.7 Å². The van der Waals surface area contributed by atoms with E-state index in [0.29, 0.717) is 5.82 Å². The van der Waals surface area contributed by atoms with E-state index in [1.54, 1.807) is 31.6 Å². The molecule has 3 rings (SSSR count). The second-order valence-corrected chi connectivity index (χ2v) is 5.32. The summed E-state index contributed by atoms with van der Waals surface area (Å²) in [5.41, 5.74) is 0.945. The minimum Gasteiger partial charge on any atom is -0.435 e. The van der Waals surface area contributed by atoms with Crippen molar-refractivity contribution < 1.29 is 22.8 Å². The van der Waals surface area contributed by atoms with Crippen LogP contribution in [0.3, 0.4) is 0 Å². The number of hydrogen-bond acceptors (Lipinski definition) is 6. The van der Waals surface area contributed by atoms with Gasteiger partial charge in [-0.2, -0.15) is 13.8 Å². The fraction of sp³-hybridized carbons (Fsp3) is 0.176. The summed E-state index contributed by atoms with van der Waals surface area (Å²) in [6.07, 6.45) is 3.21. The second-order valence-electron chi connectivity index (χ2n) is 5.32. The predicted octanol–water partition coefficient (Wildman–Crippen LogP) is 3.01. The number of benzene rings is 1. The molecule has 0 bridgehead atoms. The van der Waals surface area contributed by atoms with Crippen LogP contribution in [0.25, 0.3) is 11.4 Å². The molecule has 9 heteroatoms. The van der Waals surface area contributed by atoms with Crippen LogP contribution in [0.5, 0.6) is 5.75 Å². The minimum absolute atomic E-state index is 0.0663. The molecular formula is C17H14F2N4O3. The molecule has 0 aliphatic rings. The largest absolute Gasteiger partial charge is 0.435 e. The lowest BCUT2D eigenvalue weighted by Gasteiger charge is -2.15. The number of halogens is 2. The fourth-order valence-corrected chi connectivity index (χ4v) is 2.24. The number of ether oxygens (including phenoxy) is 1. The first-order valence-corrected chi connectivity index (χ1v) is 7.56. The maximum atomic E-state index is 12.4. The molecule has 0 fully saturated rings. The van der Waals surface area contributed by atoms with Gasteiger partial charge in [-0.15, -0.1) is 0 Å². The summed E-state index contributed by atoms with van der Waals surface area (Å²) in [5.74, 6) is 0.147. The van der Waals surface area contributed by atoms with Crippen LogP contribution in [0, 0.1) is 0 Å². The third-order valence-electron chi connectivity index (χ3n) is 3.43. The molecule has 134 valence electrons. The highest BCUT2D eigenvalue weighted by atomic mass is 19.3. The van der Waals surface area contributed by atoms with Gasteiger partial charge < -0.3 is 14.2 Å². The van der Waals surface area contributed by atoms with Crippen molar-refractivity contribution in [2.45, 2.75) is 13.2 Å². The third-order valence-corrected chi connectivity index (χ3v) is 3.43. The third kappa shape index (κ3) is 4.18. The number of aromatic nitrogens is 3. The monoisotopic (exact) mass is 360 g/mol. The van der Waals surface area contributed by atoms with E-state index < -0.39 is 12.5 Å². The summed E-state index contributed by atoms with van der Waals surface area (Å²) in [6.45, 7) is -2.89. The van der Waals surface area contributed by atoms with Crippen molar-refractivity contribution in [3.63, 3.8) is 0 Å². The van der Waals surface area contributed by atoms with E-state index >= 15 is 0 Å². The van der Waals surface area contributed by atoms with Gasteiger partial charge >= 0.3 is 6.61 Å². The van der Waals surface area contributed by atoms with Gasteiger partial charge in [0.2, 0.25) is 11.7 Å².